The lowest BCUT2D eigenvalue weighted by Gasteiger charge is -2.30. The van der Waals surface area contributed by atoms with E-state index in [9.17, 15) is 14.3 Å². The van der Waals surface area contributed by atoms with Crippen molar-refractivity contribution >= 4 is 23.3 Å². The van der Waals surface area contributed by atoms with E-state index < -0.39 is 29.7 Å². The molecule has 186 valence electrons. The Hall–Kier alpha value is -3.92. The second-order valence-corrected chi connectivity index (χ2v) is 9.07. The molecule has 0 bridgehead atoms. The maximum atomic E-state index is 13.3. The van der Waals surface area contributed by atoms with E-state index in [1.165, 1.54) is 30.3 Å². The molecule has 0 spiro atoms. The topological polar surface area (TPSA) is 142 Å². The Balaban J connectivity index is 1.89. The number of nitrogens with two attached hydrogens (primary N) is 1. The quantitative estimate of drug-likeness (QED) is 0.231. The van der Waals surface area contributed by atoms with Crippen LogP contribution in [0.25, 0.3) is 0 Å². The summed E-state index contributed by atoms with van der Waals surface area (Å²) in [6, 6.07) is 10.5. The smallest absolute Gasteiger partial charge is 0.344 e. The summed E-state index contributed by atoms with van der Waals surface area (Å²) in [6.45, 7) is 6.69. The number of allylic oxidation sites excluding steroid dienone is 1. The number of hydrogen-bond acceptors (Lipinski definition) is 8. The molecule has 10 heteroatoms. The summed E-state index contributed by atoms with van der Waals surface area (Å²) in [5.74, 6) is -0.316. The predicted molar refractivity (Wildman–Crippen MR) is 131 cm³/mol. The minimum absolute atomic E-state index is 0.0521. The first-order valence-electron chi connectivity index (χ1n) is 11.0. The van der Waals surface area contributed by atoms with Crippen molar-refractivity contribution in [1.82, 2.24) is 10.6 Å². The van der Waals surface area contributed by atoms with E-state index in [1.807, 2.05) is 0 Å². The van der Waals surface area contributed by atoms with Crippen LogP contribution < -0.4 is 21.1 Å². The number of rotatable bonds is 7. The van der Waals surface area contributed by atoms with E-state index in [-0.39, 0.29) is 18.3 Å². The number of esters is 1. The van der Waals surface area contributed by atoms with Crippen molar-refractivity contribution in [2.45, 2.75) is 45.6 Å². The molecule has 0 aliphatic carbocycles. The van der Waals surface area contributed by atoms with E-state index in [2.05, 4.69) is 15.6 Å². The number of amidine groups is 2. The molecule has 0 saturated heterocycles. The minimum Gasteiger partial charge on any atom is -0.482 e. The van der Waals surface area contributed by atoms with Crippen LogP contribution in [0.4, 0.5) is 10.1 Å². The van der Waals surface area contributed by atoms with Crippen LogP contribution >= 0.6 is 0 Å². The largest absolute Gasteiger partial charge is 0.482 e. The summed E-state index contributed by atoms with van der Waals surface area (Å²) in [4.78, 5) is 16.5. The fourth-order valence-corrected chi connectivity index (χ4v) is 3.34. The van der Waals surface area contributed by atoms with Crippen LogP contribution in [0.15, 0.2) is 59.2 Å². The number of aliphatic imine (C=N–C) groups is 1. The number of carbonyl (C=O) groups is 1. The van der Waals surface area contributed by atoms with Gasteiger partial charge in [0.05, 0.1) is 5.69 Å². The molecule has 0 fully saturated rings. The number of carbonyl (C=O) groups excluding carboxylic acids is 1. The summed E-state index contributed by atoms with van der Waals surface area (Å²) in [6.07, 6.45) is -0.349. The van der Waals surface area contributed by atoms with Gasteiger partial charge in [0, 0.05) is 17.3 Å². The summed E-state index contributed by atoms with van der Waals surface area (Å²) in [5, 5.41) is 25.1. The number of benzene rings is 2. The van der Waals surface area contributed by atoms with Crippen LogP contribution in [0.5, 0.6) is 5.75 Å². The van der Waals surface area contributed by atoms with Gasteiger partial charge in [0.1, 0.15) is 41.1 Å². The average molecular weight is 484 g/mol. The van der Waals surface area contributed by atoms with E-state index in [1.54, 1.807) is 45.9 Å². The van der Waals surface area contributed by atoms with Crippen molar-refractivity contribution in [2.75, 3.05) is 6.61 Å². The molecule has 2 atom stereocenters. The summed E-state index contributed by atoms with van der Waals surface area (Å²) in [5.41, 5.74) is 7.08. The van der Waals surface area contributed by atoms with Crippen molar-refractivity contribution in [3.05, 3.63) is 71.2 Å². The normalized spacial score (nSPS) is 16.3. The maximum Gasteiger partial charge on any atom is 0.344 e. The molecule has 3 rings (SSSR count). The molecule has 9 nitrogen and oxygen atoms in total. The average Bonchev–Trinajstić information content (AvgIpc) is 2.75. The first-order valence-corrected chi connectivity index (χ1v) is 11.0. The van der Waals surface area contributed by atoms with Crippen molar-refractivity contribution in [3.63, 3.8) is 0 Å². The van der Waals surface area contributed by atoms with E-state index >= 15 is 0 Å². The van der Waals surface area contributed by atoms with Crippen LogP contribution in [-0.4, -0.2) is 35.0 Å². The lowest BCUT2D eigenvalue weighted by Crippen LogP contribution is -2.44. The Kier molecular flexibility index (Phi) is 7.75. The molecule has 6 N–H and O–H groups in total. The van der Waals surface area contributed by atoms with Crippen molar-refractivity contribution in [2.24, 2.45) is 10.7 Å². The van der Waals surface area contributed by atoms with Gasteiger partial charge in [-0.25, -0.2) is 14.2 Å². The van der Waals surface area contributed by atoms with Crippen molar-refractivity contribution in [3.8, 4) is 5.75 Å². The van der Waals surface area contributed by atoms with Crippen LogP contribution in [0.3, 0.4) is 0 Å². The number of fused-ring (bicyclic) bond motifs is 1. The van der Waals surface area contributed by atoms with E-state index in [4.69, 9.17) is 20.6 Å². The third-order valence-corrected chi connectivity index (χ3v) is 4.74. The number of halogens is 1. The number of hydrogen-bond donors (Lipinski definition) is 5. The number of aliphatic hydroxyl groups excluding tert-OH is 1. The summed E-state index contributed by atoms with van der Waals surface area (Å²) in [7, 11) is 0. The first-order chi connectivity index (χ1) is 16.4. The van der Waals surface area contributed by atoms with E-state index in [0.717, 1.165) is 0 Å². The molecule has 2 aromatic rings. The third kappa shape index (κ3) is 7.28. The monoisotopic (exact) mass is 483 g/mol. The van der Waals surface area contributed by atoms with Crippen LogP contribution in [0, 0.1) is 11.2 Å². The number of aliphatic hydroxyl groups is 1. The van der Waals surface area contributed by atoms with Crippen LogP contribution in [0.2, 0.25) is 0 Å². The third-order valence-electron chi connectivity index (χ3n) is 4.74. The summed E-state index contributed by atoms with van der Waals surface area (Å²) < 4.78 is 24.2. The zero-order chi connectivity index (χ0) is 25.8. The highest BCUT2D eigenvalue weighted by atomic mass is 19.1. The molecule has 0 aromatic heterocycles. The van der Waals surface area contributed by atoms with Gasteiger partial charge in [0.25, 0.3) is 0 Å². The molecule has 0 amide bonds. The van der Waals surface area contributed by atoms with Crippen LogP contribution in [0.1, 0.15) is 51.1 Å². The zero-order valence-corrected chi connectivity index (χ0v) is 20.1. The Morgan fingerprint density at radius 1 is 1.31 bits per heavy atom. The second kappa shape index (κ2) is 10.6. The molecule has 0 saturated carbocycles. The van der Waals surface area contributed by atoms with Gasteiger partial charge in [-0.3, -0.25) is 5.41 Å². The van der Waals surface area contributed by atoms with Gasteiger partial charge >= 0.3 is 5.97 Å². The van der Waals surface area contributed by atoms with Crippen molar-refractivity contribution in [1.29, 1.82) is 5.41 Å². The highest BCUT2D eigenvalue weighted by Crippen LogP contribution is 2.34. The predicted octanol–water partition coefficient (Wildman–Crippen LogP) is 3.34. The molecule has 35 heavy (non-hydrogen) atoms. The fourth-order valence-electron chi connectivity index (χ4n) is 3.34. The Labute approximate surface area is 203 Å². The molecule has 0 radical (unpaired) electrons. The Bertz CT molecular complexity index is 1150. The van der Waals surface area contributed by atoms with Gasteiger partial charge in [0.2, 0.25) is 0 Å². The van der Waals surface area contributed by atoms with E-state index in [0.29, 0.717) is 28.3 Å². The number of nitrogens with one attached hydrogen (secondary N) is 3. The molecule has 2 aromatic carbocycles. The standard InChI is InChI=1S/C25H30FN5O4/c1-14(27)11-20(28)30-23-18-10-9-17(34-13-21(32)35-25(2,3)4)12-19(18)29-24(31-23)22(33)15-5-7-16(26)8-6-15/h5-12,22-23,33H,13,27H2,1-4H3,(H2,28,30)(H,29,31)/b14-11-. The molecule has 1 heterocycles. The van der Waals surface area contributed by atoms with Gasteiger partial charge in [-0.05, 0) is 63.6 Å². The Morgan fingerprint density at radius 3 is 2.63 bits per heavy atom. The first kappa shape index (κ1) is 25.7. The summed E-state index contributed by atoms with van der Waals surface area (Å²) >= 11 is 0. The van der Waals surface area contributed by atoms with Gasteiger partial charge in [0.15, 0.2) is 6.61 Å². The van der Waals surface area contributed by atoms with Gasteiger partial charge in [-0.2, -0.15) is 0 Å². The number of nitrogens with zero attached hydrogens (tertiary/aromatic N) is 1. The zero-order valence-electron chi connectivity index (χ0n) is 20.1. The highest BCUT2D eigenvalue weighted by Gasteiger charge is 2.27. The van der Waals surface area contributed by atoms with Crippen LogP contribution in [-0.2, 0) is 9.53 Å². The molecule has 2 unspecified atom stereocenters. The van der Waals surface area contributed by atoms with Crippen molar-refractivity contribution < 1.29 is 23.8 Å². The number of ether oxygens (including phenoxy) is 2. The molecule has 1 aliphatic heterocycles. The lowest BCUT2D eigenvalue weighted by atomic mass is 10.0. The van der Waals surface area contributed by atoms with Gasteiger partial charge in [-0.1, -0.05) is 12.1 Å². The SMILES string of the molecule is C/C(N)=C/C(=N)NC1NC(C(O)c2ccc(F)cc2)=Nc2cc(OCC(=O)OC(C)(C)C)ccc21. The highest BCUT2D eigenvalue weighted by molar-refractivity contribution is 5.94. The minimum atomic E-state index is -1.18. The van der Waals surface area contributed by atoms with Gasteiger partial charge < -0.3 is 30.9 Å². The maximum absolute atomic E-state index is 13.3. The fraction of sp³-hybridized carbons (Fsp3) is 0.320. The molecule has 1 aliphatic rings. The Morgan fingerprint density at radius 2 is 2.00 bits per heavy atom. The lowest BCUT2D eigenvalue weighted by molar-refractivity contribution is -0.157. The molecular formula is C25H30FN5O4. The second-order valence-electron chi connectivity index (χ2n) is 9.07. The molecular weight excluding hydrogens is 453 g/mol. The van der Waals surface area contributed by atoms with Gasteiger partial charge in [-0.15, -0.1) is 0 Å².